The van der Waals surface area contributed by atoms with Gasteiger partial charge in [-0.05, 0) is 25.3 Å². The average molecular weight is 303 g/mol. The summed E-state index contributed by atoms with van der Waals surface area (Å²) in [6.07, 6.45) is 1.12. The third kappa shape index (κ3) is 2.79. The van der Waals surface area contributed by atoms with Gasteiger partial charge in [0.25, 0.3) is 5.91 Å². The summed E-state index contributed by atoms with van der Waals surface area (Å²) >= 11 is 0. The highest BCUT2D eigenvalue weighted by Gasteiger charge is 2.41. The number of hydrogen-bond acceptors (Lipinski definition) is 3. The summed E-state index contributed by atoms with van der Waals surface area (Å²) in [6, 6.07) is 0.326. The second-order valence-corrected chi connectivity index (χ2v) is 5.04. The molecule has 1 amide bonds. The molecule has 0 unspecified atom stereocenters. The molecule has 1 fully saturated rings. The second kappa shape index (κ2) is 5.27. The standard InChI is InChI=1S/C13H12F3NO4/c14-7-4-6(9(15)11(20)10(7)16)12(21)17-13(2-1-3-13)5-8(18)19/h4,20H,1-3,5H2,(H,17,21)(H,18,19). The maximum absolute atomic E-state index is 13.6. The zero-order chi connectivity index (χ0) is 15.8. The van der Waals surface area contributed by atoms with Gasteiger partial charge in [0.2, 0.25) is 5.82 Å². The summed E-state index contributed by atoms with van der Waals surface area (Å²) in [7, 11) is 0. The highest BCUT2D eigenvalue weighted by molar-refractivity contribution is 5.95. The van der Waals surface area contributed by atoms with Crippen LogP contribution in [0.5, 0.6) is 5.75 Å². The van der Waals surface area contributed by atoms with Crippen LogP contribution in [0.4, 0.5) is 13.2 Å². The van der Waals surface area contributed by atoms with Crippen LogP contribution in [0.1, 0.15) is 36.0 Å². The molecule has 8 heteroatoms. The Labute approximate surface area is 117 Å². The van der Waals surface area contributed by atoms with Crippen molar-refractivity contribution in [2.45, 2.75) is 31.2 Å². The van der Waals surface area contributed by atoms with E-state index in [-0.39, 0.29) is 6.42 Å². The number of carbonyl (C=O) groups excluding carboxylic acids is 1. The zero-order valence-electron chi connectivity index (χ0n) is 10.8. The molecule has 5 nitrogen and oxygen atoms in total. The number of halogens is 3. The van der Waals surface area contributed by atoms with E-state index in [0.717, 1.165) is 0 Å². The van der Waals surface area contributed by atoms with Gasteiger partial charge < -0.3 is 15.5 Å². The van der Waals surface area contributed by atoms with Gasteiger partial charge in [-0.1, -0.05) is 0 Å². The predicted octanol–water partition coefficient (Wildman–Crippen LogP) is 1.94. The van der Waals surface area contributed by atoms with Crippen LogP contribution in [-0.4, -0.2) is 27.6 Å². The molecule has 0 aromatic heterocycles. The molecule has 1 saturated carbocycles. The summed E-state index contributed by atoms with van der Waals surface area (Å²) in [4.78, 5) is 22.7. The number of carboxylic acid groups (broad SMARTS) is 1. The predicted molar refractivity (Wildman–Crippen MR) is 64.3 cm³/mol. The Bertz CT molecular complexity index is 614. The topological polar surface area (TPSA) is 86.6 Å². The number of phenols is 1. The van der Waals surface area contributed by atoms with E-state index in [9.17, 15) is 22.8 Å². The largest absolute Gasteiger partial charge is 0.503 e. The van der Waals surface area contributed by atoms with Gasteiger partial charge in [0.15, 0.2) is 17.4 Å². The summed E-state index contributed by atoms with van der Waals surface area (Å²) in [6.45, 7) is 0. The molecule has 3 N–H and O–H groups in total. The monoisotopic (exact) mass is 303 g/mol. The lowest BCUT2D eigenvalue weighted by atomic mass is 9.74. The molecule has 0 bridgehead atoms. The van der Waals surface area contributed by atoms with Gasteiger partial charge in [0.1, 0.15) is 0 Å². The Kier molecular flexibility index (Phi) is 3.80. The third-order valence-corrected chi connectivity index (χ3v) is 3.56. The minimum atomic E-state index is -1.78. The first-order valence-electron chi connectivity index (χ1n) is 6.16. The van der Waals surface area contributed by atoms with Crippen molar-refractivity contribution in [3.05, 3.63) is 29.1 Å². The van der Waals surface area contributed by atoms with Crippen molar-refractivity contribution in [2.75, 3.05) is 0 Å². The van der Waals surface area contributed by atoms with E-state index < -0.39 is 46.2 Å². The Morgan fingerprint density at radius 3 is 2.33 bits per heavy atom. The van der Waals surface area contributed by atoms with E-state index in [2.05, 4.69) is 5.32 Å². The highest BCUT2D eigenvalue weighted by atomic mass is 19.2. The molecule has 2 rings (SSSR count). The molecule has 0 radical (unpaired) electrons. The average Bonchev–Trinajstić information content (AvgIpc) is 2.37. The second-order valence-electron chi connectivity index (χ2n) is 5.04. The maximum atomic E-state index is 13.6. The van der Waals surface area contributed by atoms with Gasteiger partial charge in [-0.15, -0.1) is 0 Å². The number of hydrogen-bond donors (Lipinski definition) is 3. The van der Waals surface area contributed by atoms with Gasteiger partial charge in [0.05, 0.1) is 17.5 Å². The number of aromatic hydroxyl groups is 1. The number of carboxylic acids is 1. The molecule has 1 aromatic carbocycles. The Morgan fingerprint density at radius 2 is 1.86 bits per heavy atom. The van der Waals surface area contributed by atoms with Crippen molar-refractivity contribution in [1.29, 1.82) is 0 Å². The fourth-order valence-corrected chi connectivity index (χ4v) is 2.30. The van der Waals surface area contributed by atoms with Crippen molar-refractivity contribution in [3.8, 4) is 5.75 Å². The Morgan fingerprint density at radius 1 is 1.24 bits per heavy atom. The highest BCUT2D eigenvalue weighted by Crippen LogP contribution is 2.35. The van der Waals surface area contributed by atoms with E-state index in [0.29, 0.717) is 25.3 Å². The molecular weight excluding hydrogens is 291 g/mol. The van der Waals surface area contributed by atoms with Gasteiger partial charge in [-0.2, -0.15) is 4.39 Å². The van der Waals surface area contributed by atoms with Crippen LogP contribution in [0.3, 0.4) is 0 Å². The third-order valence-electron chi connectivity index (χ3n) is 3.56. The van der Waals surface area contributed by atoms with Crippen LogP contribution in [0.15, 0.2) is 6.07 Å². The maximum Gasteiger partial charge on any atom is 0.305 e. The van der Waals surface area contributed by atoms with Crippen LogP contribution >= 0.6 is 0 Å². The first-order chi connectivity index (χ1) is 9.76. The van der Waals surface area contributed by atoms with Gasteiger partial charge in [-0.25, -0.2) is 8.78 Å². The number of rotatable bonds is 4. The smallest absolute Gasteiger partial charge is 0.305 e. The fraction of sp³-hybridized carbons (Fsp3) is 0.385. The normalized spacial score (nSPS) is 16.1. The molecule has 114 valence electrons. The lowest BCUT2D eigenvalue weighted by Gasteiger charge is -2.41. The number of phenolic OH excluding ortho intramolecular Hbond substituents is 1. The molecule has 0 aliphatic heterocycles. The lowest BCUT2D eigenvalue weighted by Crippen LogP contribution is -2.54. The number of amides is 1. The quantitative estimate of drug-likeness (QED) is 0.742. The van der Waals surface area contributed by atoms with Gasteiger partial charge >= 0.3 is 5.97 Å². The number of nitrogens with one attached hydrogen (secondary N) is 1. The van der Waals surface area contributed by atoms with E-state index in [1.807, 2.05) is 0 Å². The SMILES string of the molecule is O=C(O)CC1(NC(=O)c2cc(F)c(F)c(O)c2F)CCC1. The molecule has 1 aliphatic carbocycles. The van der Waals surface area contributed by atoms with Crippen molar-refractivity contribution >= 4 is 11.9 Å². The summed E-state index contributed by atoms with van der Waals surface area (Å²) in [5.41, 5.74) is -1.89. The van der Waals surface area contributed by atoms with Crippen molar-refractivity contribution < 1.29 is 33.0 Å². The van der Waals surface area contributed by atoms with Crippen LogP contribution < -0.4 is 5.32 Å². The number of aliphatic carboxylic acids is 1. The molecule has 21 heavy (non-hydrogen) atoms. The Balaban J connectivity index is 2.27. The number of benzene rings is 1. The minimum Gasteiger partial charge on any atom is -0.503 e. The van der Waals surface area contributed by atoms with Crippen LogP contribution in [-0.2, 0) is 4.79 Å². The van der Waals surface area contributed by atoms with E-state index in [1.54, 1.807) is 0 Å². The molecule has 1 aliphatic rings. The van der Waals surface area contributed by atoms with Crippen molar-refractivity contribution in [3.63, 3.8) is 0 Å². The summed E-state index contributed by atoms with van der Waals surface area (Å²) < 4.78 is 39.7. The summed E-state index contributed by atoms with van der Waals surface area (Å²) in [5, 5.41) is 20.2. The van der Waals surface area contributed by atoms with Gasteiger partial charge in [-0.3, -0.25) is 9.59 Å². The first-order valence-corrected chi connectivity index (χ1v) is 6.16. The van der Waals surface area contributed by atoms with Crippen LogP contribution in [0.2, 0.25) is 0 Å². The van der Waals surface area contributed by atoms with E-state index >= 15 is 0 Å². The van der Waals surface area contributed by atoms with E-state index in [1.165, 1.54) is 0 Å². The lowest BCUT2D eigenvalue weighted by molar-refractivity contribution is -0.139. The number of carbonyl (C=O) groups is 2. The van der Waals surface area contributed by atoms with E-state index in [4.69, 9.17) is 10.2 Å². The molecule has 0 heterocycles. The van der Waals surface area contributed by atoms with Crippen molar-refractivity contribution in [1.82, 2.24) is 5.32 Å². The Hall–Kier alpha value is -2.25. The van der Waals surface area contributed by atoms with Crippen molar-refractivity contribution in [2.24, 2.45) is 0 Å². The molecule has 0 saturated heterocycles. The van der Waals surface area contributed by atoms with Crippen LogP contribution in [0.25, 0.3) is 0 Å². The molecule has 0 atom stereocenters. The minimum absolute atomic E-state index is 0.326. The van der Waals surface area contributed by atoms with Crippen LogP contribution in [0, 0.1) is 17.5 Å². The molecular formula is C13H12F3NO4. The van der Waals surface area contributed by atoms with Gasteiger partial charge in [0, 0.05) is 0 Å². The summed E-state index contributed by atoms with van der Waals surface area (Å²) in [5.74, 6) is -8.75. The first kappa shape index (κ1) is 15.1. The zero-order valence-corrected chi connectivity index (χ0v) is 10.8. The molecule has 0 spiro atoms. The fourth-order valence-electron chi connectivity index (χ4n) is 2.30. The molecule has 1 aromatic rings.